The Morgan fingerprint density at radius 2 is 1.88 bits per heavy atom. The standard InChI is InChI=1S/C25H24ClN3O3S/c1-16-21(30)10-11-28-22(16)25(31)27(12-13-32-2)15-29(28)23-18-7-4-3-6-17(18)14-33-24-19(23)8-5-9-20(24)26/h3-11,23H,12-15H2,1-2H3. The maximum absolute atomic E-state index is 13.4. The molecular weight excluding hydrogens is 458 g/mol. The van der Waals surface area contributed by atoms with E-state index < -0.39 is 0 Å². The highest BCUT2D eigenvalue weighted by Crippen LogP contribution is 2.45. The summed E-state index contributed by atoms with van der Waals surface area (Å²) in [6.45, 7) is 2.91. The van der Waals surface area contributed by atoms with E-state index in [-0.39, 0.29) is 17.4 Å². The molecular formula is C25H24ClN3O3S. The Balaban J connectivity index is 1.76. The molecule has 0 saturated carbocycles. The van der Waals surface area contributed by atoms with Gasteiger partial charge in [-0.1, -0.05) is 48.0 Å². The third kappa shape index (κ3) is 3.74. The number of pyridine rings is 1. The summed E-state index contributed by atoms with van der Waals surface area (Å²) < 4.78 is 7.11. The molecule has 0 saturated heterocycles. The summed E-state index contributed by atoms with van der Waals surface area (Å²) in [4.78, 5) is 28.7. The summed E-state index contributed by atoms with van der Waals surface area (Å²) >= 11 is 8.39. The van der Waals surface area contributed by atoms with Crippen LogP contribution in [0.1, 0.15) is 38.8 Å². The molecule has 5 rings (SSSR count). The van der Waals surface area contributed by atoms with Crippen molar-refractivity contribution in [1.29, 1.82) is 0 Å². The van der Waals surface area contributed by atoms with E-state index in [1.165, 1.54) is 11.6 Å². The van der Waals surface area contributed by atoms with Gasteiger partial charge in [-0.15, -0.1) is 11.8 Å². The van der Waals surface area contributed by atoms with Crippen LogP contribution < -0.4 is 10.4 Å². The molecule has 2 aliphatic rings. The molecule has 2 aromatic carbocycles. The second-order valence-corrected chi connectivity index (χ2v) is 9.58. The van der Waals surface area contributed by atoms with Crippen LogP contribution in [0.25, 0.3) is 0 Å². The lowest BCUT2D eigenvalue weighted by molar-refractivity contribution is 0.0618. The smallest absolute Gasteiger partial charge is 0.274 e. The van der Waals surface area contributed by atoms with Gasteiger partial charge in [0.2, 0.25) is 0 Å². The summed E-state index contributed by atoms with van der Waals surface area (Å²) in [6.07, 6.45) is 1.71. The molecule has 0 spiro atoms. The maximum Gasteiger partial charge on any atom is 0.274 e. The van der Waals surface area contributed by atoms with Crippen LogP contribution in [0.3, 0.4) is 0 Å². The predicted octanol–water partition coefficient (Wildman–Crippen LogP) is 4.20. The lowest BCUT2D eigenvalue weighted by atomic mass is 9.94. The molecule has 2 aliphatic heterocycles. The first-order valence-corrected chi connectivity index (χ1v) is 12.1. The minimum Gasteiger partial charge on any atom is -0.383 e. The number of amides is 1. The minimum absolute atomic E-state index is 0.150. The number of thioether (sulfide) groups is 1. The van der Waals surface area contributed by atoms with Gasteiger partial charge >= 0.3 is 0 Å². The van der Waals surface area contributed by atoms with Gasteiger partial charge < -0.3 is 9.64 Å². The van der Waals surface area contributed by atoms with Gasteiger partial charge in [-0.3, -0.25) is 19.3 Å². The van der Waals surface area contributed by atoms with Crippen LogP contribution in [0.2, 0.25) is 5.02 Å². The minimum atomic E-state index is -0.191. The van der Waals surface area contributed by atoms with Gasteiger partial charge in [0.15, 0.2) is 5.43 Å². The van der Waals surface area contributed by atoms with Crippen molar-refractivity contribution < 1.29 is 9.53 Å². The fourth-order valence-electron chi connectivity index (χ4n) is 4.60. The number of nitrogens with zero attached hydrogens (tertiary/aromatic N) is 3. The highest BCUT2D eigenvalue weighted by atomic mass is 35.5. The number of hydrogen-bond donors (Lipinski definition) is 0. The molecule has 0 fully saturated rings. The number of aromatic nitrogens is 1. The van der Waals surface area contributed by atoms with Gasteiger partial charge in [0.05, 0.1) is 17.7 Å². The van der Waals surface area contributed by atoms with E-state index in [1.807, 2.05) is 28.9 Å². The first kappa shape index (κ1) is 22.1. The van der Waals surface area contributed by atoms with E-state index in [2.05, 4.69) is 23.2 Å². The molecule has 1 aromatic heterocycles. The van der Waals surface area contributed by atoms with Gasteiger partial charge in [0.1, 0.15) is 12.4 Å². The number of hydrogen-bond acceptors (Lipinski definition) is 5. The second kappa shape index (κ2) is 8.89. The Morgan fingerprint density at radius 3 is 2.70 bits per heavy atom. The first-order valence-electron chi connectivity index (χ1n) is 10.8. The van der Waals surface area contributed by atoms with Crippen LogP contribution in [-0.4, -0.2) is 42.4 Å². The van der Waals surface area contributed by atoms with Crippen LogP contribution >= 0.6 is 23.4 Å². The van der Waals surface area contributed by atoms with Crippen molar-refractivity contribution in [2.75, 3.05) is 31.9 Å². The molecule has 1 atom stereocenters. The fourth-order valence-corrected chi connectivity index (χ4v) is 6.06. The molecule has 0 radical (unpaired) electrons. The van der Waals surface area contributed by atoms with Crippen LogP contribution in [-0.2, 0) is 10.5 Å². The van der Waals surface area contributed by atoms with Crippen molar-refractivity contribution in [3.05, 3.63) is 97.9 Å². The van der Waals surface area contributed by atoms with Crippen molar-refractivity contribution in [3.63, 3.8) is 0 Å². The number of rotatable bonds is 4. The van der Waals surface area contributed by atoms with Gasteiger partial charge in [0, 0.05) is 42.1 Å². The Kier molecular flexibility index (Phi) is 5.95. The van der Waals surface area contributed by atoms with Gasteiger partial charge in [-0.2, -0.15) is 0 Å². The topological polar surface area (TPSA) is 54.8 Å². The Labute approximate surface area is 201 Å². The quantitative estimate of drug-likeness (QED) is 0.559. The fraction of sp³-hybridized carbons (Fsp3) is 0.280. The second-order valence-electron chi connectivity index (χ2n) is 8.19. The van der Waals surface area contributed by atoms with Crippen molar-refractivity contribution in [2.45, 2.75) is 23.6 Å². The molecule has 6 nitrogen and oxygen atoms in total. The van der Waals surface area contributed by atoms with E-state index in [9.17, 15) is 9.59 Å². The molecule has 0 N–H and O–H groups in total. The number of fused-ring (bicyclic) bond motifs is 3. The van der Waals surface area contributed by atoms with E-state index in [0.717, 1.165) is 26.8 Å². The third-order valence-electron chi connectivity index (χ3n) is 6.28. The van der Waals surface area contributed by atoms with E-state index >= 15 is 0 Å². The normalized spacial score (nSPS) is 17.3. The van der Waals surface area contributed by atoms with Gasteiger partial charge in [-0.05, 0) is 29.7 Å². The molecule has 33 heavy (non-hydrogen) atoms. The van der Waals surface area contributed by atoms with Gasteiger partial charge in [-0.25, -0.2) is 0 Å². The number of ether oxygens (including phenoxy) is 1. The molecule has 3 aromatic rings. The largest absolute Gasteiger partial charge is 0.383 e. The van der Waals surface area contributed by atoms with Crippen molar-refractivity contribution in [2.24, 2.45) is 0 Å². The first-order chi connectivity index (χ1) is 16.0. The summed E-state index contributed by atoms with van der Waals surface area (Å²) in [5.41, 5.74) is 4.15. The zero-order valence-corrected chi connectivity index (χ0v) is 20.0. The Hall–Kier alpha value is -2.74. The van der Waals surface area contributed by atoms with E-state index in [1.54, 1.807) is 36.9 Å². The number of halogens is 1. The Morgan fingerprint density at radius 1 is 1.09 bits per heavy atom. The summed E-state index contributed by atoms with van der Waals surface area (Å²) in [5.74, 6) is 0.640. The molecule has 8 heteroatoms. The van der Waals surface area contributed by atoms with Gasteiger partial charge in [0.25, 0.3) is 5.91 Å². The van der Waals surface area contributed by atoms with E-state index in [4.69, 9.17) is 16.3 Å². The van der Waals surface area contributed by atoms with Crippen LogP contribution in [0.15, 0.2) is 64.4 Å². The molecule has 1 unspecified atom stereocenters. The molecule has 3 heterocycles. The number of carbonyl (C=O) groups is 1. The molecule has 170 valence electrons. The number of carbonyl (C=O) groups excluding carboxylic acids is 1. The zero-order chi connectivity index (χ0) is 23.1. The van der Waals surface area contributed by atoms with Crippen molar-refractivity contribution >= 4 is 29.3 Å². The average Bonchev–Trinajstić information content (AvgIpc) is 2.98. The number of benzene rings is 2. The molecule has 0 aliphatic carbocycles. The monoisotopic (exact) mass is 481 g/mol. The predicted molar refractivity (Wildman–Crippen MR) is 131 cm³/mol. The summed E-state index contributed by atoms with van der Waals surface area (Å²) in [6, 6.07) is 15.7. The van der Waals surface area contributed by atoms with Crippen LogP contribution in [0.5, 0.6) is 0 Å². The zero-order valence-electron chi connectivity index (χ0n) is 18.5. The maximum atomic E-state index is 13.4. The van der Waals surface area contributed by atoms with Crippen LogP contribution in [0.4, 0.5) is 0 Å². The highest BCUT2D eigenvalue weighted by Gasteiger charge is 2.37. The third-order valence-corrected chi connectivity index (χ3v) is 7.91. The molecule has 0 bridgehead atoms. The van der Waals surface area contributed by atoms with Crippen molar-refractivity contribution in [1.82, 2.24) is 9.58 Å². The van der Waals surface area contributed by atoms with Crippen molar-refractivity contribution in [3.8, 4) is 0 Å². The lowest BCUT2D eigenvalue weighted by Gasteiger charge is -2.44. The summed E-state index contributed by atoms with van der Waals surface area (Å²) in [5, 5.41) is 2.87. The average molecular weight is 482 g/mol. The van der Waals surface area contributed by atoms with E-state index in [0.29, 0.717) is 31.1 Å². The molecule has 1 amide bonds. The highest BCUT2D eigenvalue weighted by molar-refractivity contribution is 7.98. The lowest BCUT2D eigenvalue weighted by Crippen LogP contribution is -2.56. The number of methoxy groups -OCH3 is 1. The van der Waals surface area contributed by atoms with Crippen LogP contribution in [0, 0.1) is 6.92 Å². The SMILES string of the molecule is COCCN1CN(C2c3ccccc3CSc3c(Cl)cccc32)n2ccc(=O)c(C)c2C1=O. The summed E-state index contributed by atoms with van der Waals surface area (Å²) in [7, 11) is 1.62. The Bertz CT molecular complexity index is 1290.